The highest BCUT2D eigenvalue weighted by Gasteiger charge is 2.34. The minimum atomic E-state index is -0.158. The number of halogens is 1. The number of aliphatic hydroxyl groups is 1. The van der Waals surface area contributed by atoms with Crippen molar-refractivity contribution in [2.45, 2.75) is 44.9 Å². The molecule has 3 aromatic rings. The monoisotopic (exact) mass is 525 g/mol. The number of aliphatic hydroxyl groups excluding tert-OH is 1. The van der Waals surface area contributed by atoms with Gasteiger partial charge in [0.15, 0.2) is 0 Å². The molecule has 2 atom stereocenters. The highest BCUT2D eigenvalue weighted by molar-refractivity contribution is 6.31. The Bertz CT molecular complexity index is 1210. The SMILES string of the molecule is CCOC(=O)CCC1CCc2c([nH]c3ccc(Cl)cc23)C1c1ccc(C(=O)NCCCNCCO)cc1. The number of aryl methyl sites for hydroxylation is 1. The van der Waals surface area contributed by atoms with Crippen LogP contribution in [0.4, 0.5) is 0 Å². The van der Waals surface area contributed by atoms with E-state index in [1.54, 1.807) is 0 Å². The average molecular weight is 526 g/mol. The Morgan fingerprint density at radius 3 is 2.70 bits per heavy atom. The summed E-state index contributed by atoms with van der Waals surface area (Å²) in [4.78, 5) is 28.4. The highest BCUT2D eigenvalue weighted by Crippen LogP contribution is 2.45. The summed E-state index contributed by atoms with van der Waals surface area (Å²) in [6, 6.07) is 13.8. The van der Waals surface area contributed by atoms with Crippen LogP contribution in [-0.2, 0) is 16.0 Å². The molecule has 1 aromatic heterocycles. The van der Waals surface area contributed by atoms with Crippen molar-refractivity contribution in [3.8, 4) is 0 Å². The second kappa shape index (κ2) is 13.1. The molecule has 2 unspecified atom stereocenters. The molecule has 4 rings (SSSR count). The maximum absolute atomic E-state index is 12.6. The van der Waals surface area contributed by atoms with Crippen LogP contribution in [0.25, 0.3) is 10.9 Å². The topological polar surface area (TPSA) is 103 Å². The smallest absolute Gasteiger partial charge is 0.305 e. The minimum absolute atomic E-state index is 0.0825. The van der Waals surface area contributed by atoms with Gasteiger partial charge in [-0.2, -0.15) is 0 Å². The van der Waals surface area contributed by atoms with E-state index in [0.29, 0.717) is 31.7 Å². The largest absolute Gasteiger partial charge is 0.466 e. The van der Waals surface area contributed by atoms with Crippen LogP contribution in [0, 0.1) is 5.92 Å². The van der Waals surface area contributed by atoms with Crippen LogP contribution >= 0.6 is 11.6 Å². The van der Waals surface area contributed by atoms with Gasteiger partial charge in [0.05, 0.1) is 13.2 Å². The number of H-pyrrole nitrogens is 1. The number of esters is 1. The zero-order valence-corrected chi connectivity index (χ0v) is 22.1. The summed E-state index contributed by atoms with van der Waals surface area (Å²) in [7, 11) is 0. The van der Waals surface area contributed by atoms with Crippen LogP contribution in [0.3, 0.4) is 0 Å². The molecule has 37 heavy (non-hydrogen) atoms. The van der Waals surface area contributed by atoms with E-state index in [-0.39, 0.29) is 30.3 Å². The second-order valence-corrected chi connectivity index (χ2v) is 9.97. The van der Waals surface area contributed by atoms with Gasteiger partial charge in [-0.3, -0.25) is 9.59 Å². The van der Waals surface area contributed by atoms with Gasteiger partial charge in [-0.05, 0) is 86.5 Å². The molecule has 1 amide bonds. The normalized spacial score (nSPS) is 16.9. The number of aromatic nitrogens is 1. The summed E-state index contributed by atoms with van der Waals surface area (Å²) < 4.78 is 5.19. The number of hydrogen-bond acceptors (Lipinski definition) is 5. The average Bonchev–Trinajstić information content (AvgIpc) is 3.27. The predicted octanol–water partition coefficient (Wildman–Crippen LogP) is 4.56. The third kappa shape index (κ3) is 6.72. The maximum Gasteiger partial charge on any atom is 0.305 e. The molecule has 0 aliphatic heterocycles. The van der Waals surface area contributed by atoms with Crippen LogP contribution in [0.5, 0.6) is 0 Å². The molecule has 0 radical (unpaired) electrons. The summed E-state index contributed by atoms with van der Waals surface area (Å²) in [5.41, 5.74) is 5.26. The van der Waals surface area contributed by atoms with Gasteiger partial charge in [0.2, 0.25) is 0 Å². The lowest BCUT2D eigenvalue weighted by molar-refractivity contribution is -0.143. The van der Waals surface area contributed by atoms with Crippen LogP contribution < -0.4 is 10.6 Å². The molecule has 7 nitrogen and oxygen atoms in total. The fourth-order valence-corrected chi connectivity index (χ4v) is 5.53. The molecule has 4 N–H and O–H groups in total. The van der Waals surface area contributed by atoms with Crippen LogP contribution in [-0.4, -0.2) is 54.8 Å². The standard InChI is InChI=1S/C29H36ClN3O4/c1-2-37-26(35)13-9-20-8-11-23-24-18-22(30)10-12-25(24)33-28(23)27(20)19-4-6-21(7-5-19)29(36)32-15-3-14-31-16-17-34/h4-7,10,12,18,20,27,31,33-34H,2-3,8-9,11,13-17H2,1H3,(H,32,36). The zero-order valence-electron chi connectivity index (χ0n) is 21.3. The molecule has 1 aliphatic rings. The van der Waals surface area contributed by atoms with Crippen LogP contribution in [0.15, 0.2) is 42.5 Å². The van der Waals surface area contributed by atoms with E-state index in [0.717, 1.165) is 53.7 Å². The van der Waals surface area contributed by atoms with Crippen molar-refractivity contribution in [1.29, 1.82) is 0 Å². The first kappa shape index (κ1) is 27.2. The second-order valence-electron chi connectivity index (χ2n) is 9.53. The Morgan fingerprint density at radius 1 is 1.14 bits per heavy atom. The van der Waals surface area contributed by atoms with Crippen molar-refractivity contribution < 1.29 is 19.4 Å². The molecule has 198 valence electrons. The number of carbonyl (C=O) groups excluding carboxylic acids is 2. The van der Waals surface area contributed by atoms with Gasteiger partial charge in [0.25, 0.3) is 5.91 Å². The number of amides is 1. The molecular weight excluding hydrogens is 490 g/mol. The first-order chi connectivity index (χ1) is 18.0. The number of ether oxygens (including phenoxy) is 1. The van der Waals surface area contributed by atoms with Gasteiger partial charge < -0.3 is 25.5 Å². The number of benzene rings is 2. The Balaban J connectivity index is 1.53. The Labute approximate surface area is 222 Å². The lowest BCUT2D eigenvalue weighted by atomic mass is 9.72. The minimum Gasteiger partial charge on any atom is -0.466 e. The first-order valence-electron chi connectivity index (χ1n) is 13.2. The molecule has 0 fully saturated rings. The lowest BCUT2D eigenvalue weighted by Crippen LogP contribution is -2.28. The van der Waals surface area contributed by atoms with E-state index < -0.39 is 0 Å². The number of hydrogen-bond donors (Lipinski definition) is 4. The van der Waals surface area contributed by atoms with Crippen molar-refractivity contribution in [3.63, 3.8) is 0 Å². The molecule has 8 heteroatoms. The molecule has 0 bridgehead atoms. The summed E-state index contributed by atoms with van der Waals surface area (Å²) in [6.07, 6.45) is 3.81. The van der Waals surface area contributed by atoms with Gasteiger partial charge in [-0.25, -0.2) is 0 Å². The number of aromatic amines is 1. The van der Waals surface area contributed by atoms with E-state index in [9.17, 15) is 9.59 Å². The molecule has 2 aromatic carbocycles. The molecule has 1 aliphatic carbocycles. The van der Waals surface area contributed by atoms with Gasteiger partial charge in [0.1, 0.15) is 0 Å². The van der Waals surface area contributed by atoms with Crippen molar-refractivity contribution in [3.05, 3.63) is 69.9 Å². The van der Waals surface area contributed by atoms with Gasteiger partial charge in [-0.1, -0.05) is 23.7 Å². The van der Waals surface area contributed by atoms with Crippen LogP contribution in [0.1, 0.15) is 65.7 Å². The predicted molar refractivity (Wildman–Crippen MR) is 146 cm³/mol. The van der Waals surface area contributed by atoms with E-state index in [1.165, 1.54) is 11.3 Å². The maximum atomic E-state index is 12.6. The Hall–Kier alpha value is -2.87. The summed E-state index contributed by atoms with van der Waals surface area (Å²) in [5, 5.41) is 16.7. The summed E-state index contributed by atoms with van der Waals surface area (Å²) in [5.74, 6) is 0.0943. The van der Waals surface area contributed by atoms with Crippen molar-refractivity contribution >= 4 is 34.4 Å². The molecule has 0 saturated heterocycles. The third-order valence-corrected chi connectivity index (χ3v) is 7.34. The first-order valence-corrected chi connectivity index (χ1v) is 13.5. The fraction of sp³-hybridized carbons (Fsp3) is 0.448. The molecular formula is C29H36ClN3O4. The van der Waals surface area contributed by atoms with Crippen LogP contribution in [0.2, 0.25) is 5.02 Å². The molecule has 1 heterocycles. The van der Waals surface area contributed by atoms with Gasteiger partial charge in [-0.15, -0.1) is 0 Å². The highest BCUT2D eigenvalue weighted by atomic mass is 35.5. The fourth-order valence-electron chi connectivity index (χ4n) is 5.36. The van der Waals surface area contributed by atoms with Crippen molar-refractivity contribution in [2.24, 2.45) is 5.92 Å². The third-order valence-electron chi connectivity index (χ3n) is 7.11. The van der Waals surface area contributed by atoms with Crippen molar-refractivity contribution in [2.75, 3.05) is 32.8 Å². The Morgan fingerprint density at radius 2 is 1.95 bits per heavy atom. The number of rotatable bonds is 12. The van der Waals surface area contributed by atoms with Gasteiger partial charge >= 0.3 is 5.97 Å². The number of carbonyl (C=O) groups is 2. The van der Waals surface area contributed by atoms with E-state index in [4.69, 9.17) is 21.4 Å². The number of fused-ring (bicyclic) bond motifs is 3. The van der Waals surface area contributed by atoms with Gasteiger partial charge in [0, 0.05) is 52.6 Å². The van der Waals surface area contributed by atoms with E-state index in [2.05, 4.69) is 15.6 Å². The molecule has 0 spiro atoms. The van der Waals surface area contributed by atoms with Crippen molar-refractivity contribution in [1.82, 2.24) is 15.6 Å². The summed E-state index contributed by atoms with van der Waals surface area (Å²) >= 11 is 6.31. The quantitative estimate of drug-likeness (QED) is 0.205. The zero-order chi connectivity index (χ0) is 26.2. The van der Waals surface area contributed by atoms with E-state index in [1.807, 2.05) is 49.4 Å². The molecule has 0 saturated carbocycles. The van der Waals surface area contributed by atoms with E-state index >= 15 is 0 Å². The Kier molecular flexibility index (Phi) is 9.61. The number of nitrogens with one attached hydrogen (secondary N) is 3. The lowest BCUT2D eigenvalue weighted by Gasteiger charge is -2.32. The summed E-state index contributed by atoms with van der Waals surface area (Å²) in [6.45, 7) is 4.20.